The highest BCUT2D eigenvalue weighted by molar-refractivity contribution is 6.30. The lowest BCUT2D eigenvalue weighted by atomic mass is 10.1. The van der Waals surface area contributed by atoms with E-state index < -0.39 is 12.8 Å². The topological polar surface area (TPSA) is 36.2 Å². The first kappa shape index (κ1) is 16.4. The number of hydrogen-bond acceptors (Lipinski definition) is 2. The number of rotatable bonds is 4. The standard InChI is InChI=1S/C15H13ClF3NO2/c1-10-4-5-20(21)13(6-10)8-11-7-12(16)2-3-14(11)22-9-15(17,18)19/h2-7H,8-9H2,1H3. The maximum absolute atomic E-state index is 12.3. The van der Waals surface area contributed by atoms with Crippen molar-refractivity contribution < 1.29 is 22.6 Å². The summed E-state index contributed by atoms with van der Waals surface area (Å²) in [6.45, 7) is 0.426. The minimum atomic E-state index is -4.43. The Balaban J connectivity index is 2.29. The third-order valence-corrected chi connectivity index (χ3v) is 3.17. The van der Waals surface area contributed by atoms with E-state index in [9.17, 15) is 18.4 Å². The zero-order valence-electron chi connectivity index (χ0n) is 11.7. The molecule has 0 amide bonds. The largest absolute Gasteiger partial charge is 0.618 e. The number of hydrogen-bond donors (Lipinski definition) is 0. The summed E-state index contributed by atoms with van der Waals surface area (Å²) in [6.07, 6.45) is -2.96. The van der Waals surface area contributed by atoms with Crippen molar-refractivity contribution in [1.82, 2.24) is 0 Å². The predicted molar refractivity (Wildman–Crippen MR) is 75.9 cm³/mol. The van der Waals surface area contributed by atoms with Crippen molar-refractivity contribution in [2.75, 3.05) is 6.61 Å². The van der Waals surface area contributed by atoms with Crippen LogP contribution in [0.2, 0.25) is 5.02 Å². The summed E-state index contributed by atoms with van der Waals surface area (Å²) >= 11 is 5.88. The van der Waals surface area contributed by atoms with E-state index in [1.54, 1.807) is 12.1 Å². The van der Waals surface area contributed by atoms with Gasteiger partial charge in [0.15, 0.2) is 18.5 Å². The first-order chi connectivity index (χ1) is 10.2. The molecule has 1 heterocycles. The highest BCUT2D eigenvalue weighted by atomic mass is 35.5. The summed E-state index contributed by atoms with van der Waals surface area (Å²) in [5, 5.41) is 12.1. The Kier molecular flexibility index (Phi) is 4.81. The molecule has 0 bridgehead atoms. The maximum Gasteiger partial charge on any atom is 0.422 e. The van der Waals surface area contributed by atoms with Crippen LogP contribution in [0.5, 0.6) is 5.75 Å². The Labute approximate surface area is 130 Å². The molecule has 2 aromatic rings. The van der Waals surface area contributed by atoms with Crippen molar-refractivity contribution in [1.29, 1.82) is 0 Å². The zero-order valence-corrected chi connectivity index (χ0v) is 12.4. The Morgan fingerprint density at radius 1 is 1.23 bits per heavy atom. The van der Waals surface area contributed by atoms with Crippen LogP contribution in [0.1, 0.15) is 16.8 Å². The molecule has 22 heavy (non-hydrogen) atoms. The van der Waals surface area contributed by atoms with Gasteiger partial charge in [-0.25, -0.2) is 0 Å². The number of nitrogens with zero attached hydrogens (tertiary/aromatic N) is 1. The van der Waals surface area contributed by atoms with Crippen LogP contribution < -0.4 is 9.47 Å². The molecule has 0 aliphatic carbocycles. The van der Waals surface area contributed by atoms with E-state index in [0.29, 0.717) is 21.0 Å². The van der Waals surface area contributed by atoms with Gasteiger partial charge in [0.05, 0.1) is 6.42 Å². The second-order valence-corrected chi connectivity index (χ2v) is 5.29. The molecule has 0 saturated carbocycles. The molecule has 0 radical (unpaired) electrons. The van der Waals surface area contributed by atoms with E-state index in [1.807, 2.05) is 6.92 Å². The molecule has 3 nitrogen and oxygen atoms in total. The normalized spacial score (nSPS) is 11.5. The number of aryl methyl sites for hydroxylation is 1. The fourth-order valence-electron chi connectivity index (χ4n) is 1.97. The summed E-state index contributed by atoms with van der Waals surface area (Å²) < 4.78 is 42.3. The van der Waals surface area contributed by atoms with E-state index in [2.05, 4.69) is 0 Å². The lowest BCUT2D eigenvalue weighted by Crippen LogP contribution is -2.31. The minimum absolute atomic E-state index is 0.0585. The van der Waals surface area contributed by atoms with Crippen molar-refractivity contribution >= 4 is 11.6 Å². The van der Waals surface area contributed by atoms with Crippen molar-refractivity contribution in [2.24, 2.45) is 0 Å². The average molecular weight is 332 g/mol. The van der Waals surface area contributed by atoms with Crippen molar-refractivity contribution in [2.45, 2.75) is 19.5 Å². The summed E-state index contributed by atoms with van der Waals surface area (Å²) in [5.74, 6) is 0.0585. The Bertz CT molecular complexity index is 674. The summed E-state index contributed by atoms with van der Waals surface area (Å²) in [4.78, 5) is 0. The highest BCUT2D eigenvalue weighted by Crippen LogP contribution is 2.27. The molecule has 0 spiro atoms. The molecule has 2 rings (SSSR count). The van der Waals surface area contributed by atoms with Gasteiger partial charge in [-0.1, -0.05) is 11.6 Å². The second-order valence-electron chi connectivity index (χ2n) is 4.85. The van der Waals surface area contributed by atoms with Gasteiger partial charge in [0.25, 0.3) is 0 Å². The second kappa shape index (κ2) is 6.44. The third kappa shape index (κ3) is 4.53. The summed E-state index contributed by atoms with van der Waals surface area (Å²) in [5.41, 5.74) is 1.70. The van der Waals surface area contributed by atoms with Crippen molar-refractivity contribution in [3.8, 4) is 5.75 Å². The fourth-order valence-corrected chi connectivity index (χ4v) is 2.16. The molecule has 0 fully saturated rings. The molecule has 1 aromatic heterocycles. The van der Waals surface area contributed by atoms with Crippen molar-refractivity contribution in [3.63, 3.8) is 0 Å². The molecule has 7 heteroatoms. The van der Waals surface area contributed by atoms with Crippen molar-refractivity contribution in [3.05, 3.63) is 63.6 Å². The number of ether oxygens (including phenoxy) is 1. The average Bonchev–Trinajstić information content (AvgIpc) is 2.41. The van der Waals surface area contributed by atoms with E-state index in [-0.39, 0.29) is 12.2 Å². The third-order valence-electron chi connectivity index (χ3n) is 2.94. The molecule has 1 aromatic carbocycles. The van der Waals surface area contributed by atoms with Gasteiger partial charge in [-0.2, -0.15) is 17.9 Å². The Hall–Kier alpha value is -1.95. The first-order valence-electron chi connectivity index (χ1n) is 6.41. The van der Waals surface area contributed by atoms with E-state index in [1.165, 1.54) is 24.4 Å². The van der Waals surface area contributed by atoms with Gasteiger partial charge in [0.1, 0.15) is 5.75 Å². The van der Waals surface area contributed by atoms with E-state index >= 15 is 0 Å². The predicted octanol–water partition coefficient (Wildman–Crippen LogP) is 3.81. The Morgan fingerprint density at radius 3 is 2.64 bits per heavy atom. The number of halogens is 4. The zero-order chi connectivity index (χ0) is 16.3. The summed E-state index contributed by atoms with van der Waals surface area (Å²) in [7, 11) is 0. The number of pyridine rings is 1. The van der Waals surface area contributed by atoms with Crippen LogP contribution in [0.15, 0.2) is 36.5 Å². The molecule has 0 unspecified atom stereocenters. The van der Waals surface area contributed by atoms with Gasteiger partial charge >= 0.3 is 6.18 Å². The first-order valence-corrected chi connectivity index (χ1v) is 6.79. The smallest absolute Gasteiger partial charge is 0.422 e. The van der Waals surface area contributed by atoms with Gasteiger partial charge in [0.2, 0.25) is 0 Å². The SMILES string of the molecule is Cc1cc[n+]([O-])c(Cc2cc(Cl)ccc2OCC(F)(F)F)c1. The van der Waals surface area contributed by atoms with E-state index in [4.69, 9.17) is 16.3 Å². The van der Waals surface area contributed by atoms with Gasteiger partial charge in [0, 0.05) is 22.7 Å². The van der Waals surface area contributed by atoms with Gasteiger partial charge in [-0.15, -0.1) is 0 Å². The number of benzene rings is 1. The monoisotopic (exact) mass is 331 g/mol. The van der Waals surface area contributed by atoms with E-state index in [0.717, 1.165) is 5.56 Å². The number of aromatic nitrogens is 1. The molecule has 0 atom stereocenters. The molecule has 0 aliphatic heterocycles. The van der Waals surface area contributed by atoms with Crippen LogP contribution in [-0.4, -0.2) is 12.8 Å². The van der Waals surface area contributed by atoms with Crippen LogP contribution in [-0.2, 0) is 6.42 Å². The van der Waals surface area contributed by atoms with Gasteiger partial charge < -0.3 is 9.94 Å². The number of alkyl halides is 3. The quantitative estimate of drug-likeness (QED) is 0.631. The lowest BCUT2D eigenvalue weighted by molar-refractivity contribution is -0.613. The fraction of sp³-hybridized carbons (Fsp3) is 0.267. The van der Waals surface area contributed by atoms with Gasteiger partial charge in [-0.05, 0) is 30.7 Å². The molecule has 0 saturated heterocycles. The minimum Gasteiger partial charge on any atom is -0.618 e. The molecular formula is C15H13ClF3NO2. The molecular weight excluding hydrogens is 319 g/mol. The summed E-state index contributed by atoms with van der Waals surface area (Å²) in [6, 6.07) is 7.62. The molecule has 0 N–H and O–H groups in total. The van der Waals surface area contributed by atoms with Crippen LogP contribution in [0.25, 0.3) is 0 Å². The van der Waals surface area contributed by atoms with Crippen LogP contribution in [0.4, 0.5) is 13.2 Å². The highest BCUT2D eigenvalue weighted by Gasteiger charge is 2.29. The maximum atomic E-state index is 12.3. The molecule has 0 aliphatic rings. The van der Waals surface area contributed by atoms with Crippen LogP contribution in [0, 0.1) is 12.1 Å². The molecule has 118 valence electrons. The van der Waals surface area contributed by atoms with Crippen LogP contribution in [0.3, 0.4) is 0 Å². The van der Waals surface area contributed by atoms with Crippen LogP contribution >= 0.6 is 11.6 Å². The Morgan fingerprint density at radius 2 is 1.95 bits per heavy atom. The lowest BCUT2D eigenvalue weighted by Gasteiger charge is -2.13. The van der Waals surface area contributed by atoms with Gasteiger partial charge in [-0.3, -0.25) is 0 Å².